The third-order valence-corrected chi connectivity index (χ3v) is 2.46. The highest BCUT2D eigenvalue weighted by Crippen LogP contribution is 2.37. The van der Waals surface area contributed by atoms with Crippen molar-refractivity contribution in [3.63, 3.8) is 0 Å². The summed E-state index contributed by atoms with van der Waals surface area (Å²) in [6, 6.07) is 0. The SMILES string of the molecule is CC(=O)CC(C)(C)C1C=C(C)OC1=O. The van der Waals surface area contributed by atoms with Crippen LogP contribution in [-0.4, -0.2) is 11.8 Å². The summed E-state index contributed by atoms with van der Waals surface area (Å²) in [5, 5.41) is 0. The van der Waals surface area contributed by atoms with E-state index >= 15 is 0 Å². The molecule has 0 spiro atoms. The molecule has 0 aliphatic carbocycles. The van der Waals surface area contributed by atoms with Gasteiger partial charge in [0.05, 0.1) is 5.92 Å². The van der Waals surface area contributed by atoms with Crippen molar-refractivity contribution >= 4 is 11.8 Å². The maximum atomic E-state index is 11.4. The van der Waals surface area contributed by atoms with E-state index in [1.54, 1.807) is 19.9 Å². The van der Waals surface area contributed by atoms with Crippen LogP contribution in [0.15, 0.2) is 11.8 Å². The molecule has 1 heterocycles. The quantitative estimate of drug-likeness (QED) is 0.649. The molecule has 0 fully saturated rings. The second-order valence-corrected chi connectivity index (χ2v) is 4.54. The van der Waals surface area contributed by atoms with Gasteiger partial charge in [-0.25, -0.2) is 0 Å². The highest BCUT2D eigenvalue weighted by molar-refractivity contribution is 5.82. The first-order chi connectivity index (χ1) is 6.33. The molecule has 0 bridgehead atoms. The number of cyclic esters (lactones) is 1. The van der Waals surface area contributed by atoms with Gasteiger partial charge in [-0.15, -0.1) is 0 Å². The monoisotopic (exact) mass is 196 g/mol. The summed E-state index contributed by atoms with van der Waals surface area (Å²) in [5.74, 6) is 0.206. The van der Waals surface area contributed by atoms with Crippen molar-refractivity contribution in [2.24, 2.45) is 11.3 Å². The molecule has 78 valence electrons. The number of ketones is 1. The van der Waals surface area contributed by atoms with E-state index in [0.29, 0.717) is 12.2 Å². The van der Waals surface area contributed by atoms with Crippen molar-refractivity contribution in [1.82, 2.24) is 0 Å². The van der Waals surface area contributed by atoms with Gasteiger partial charge in [0, 0.05) is 6.42 Å². The summed E-state index contributed by atoms with van der Waals surface area (Å²) < 4.78 is 4.95. The maximum Gasteiger partial charge on any atom is 0.318 e. The number of rotatable bonds is 3. The first kappa shape index (κ1) is 11.0. The molecule has 1 unspecified atom stereocenters. The molecular weight excluding hydrogens is 180 g/mol. The number of ether oxygens (including phenoxy) is 1. The lowest BCUT2D eigenvalue weighted by atomic mass is 9.75. The topological polar surface area (TPSA) is 43.4 Å². The fraction of sp³-hybridized carbons (Fsp3) is 0.636. The Morgan fingerprint density at radius 3 is 2.50 bits per heavy atom. The summed E-state index contributed by atoms with van der Waals surface area (Å²) in [4.78, 5) is 22.5. The molecule has 1 rings (SSSR count). The Labute approximate surface area is 84.1 Å². The fourth-order valence-electron chi connectivity index (χ4n) is 1.86. The highest BCUT2D eigenvalue weighted by atomic mass is 16.5. The molecule has 14 heavy (non-hydrogen) atoms. The van der Waals surface area contributed by atoms with Crippen molar-refractivity contribution in [2.45, 2.75) is 34.1 Å². The van der Waals surface area contributed by atoms with E-state index in [4.69, 9.17) is 4.74 Å². The van der Waals surface area contributed by atoms with Crippen LogP contribution >= 0.6 is 0 Å². The lowest BCUT2D eigenvalue weighted by Gasteiger charge is -2.26. The average Bonchev–Trinajstić information content (AvgIpc) is 2.27. The van der Waals surface area contributed by atoms with E-state index in [2.05, 4.69) is 0 Å². The van der Waals surface area contributed by atoms with E-state index < -0.39 is 0 Å². The van der Waals surface area contributed by atoms with Crippen molar-refractivity contribution in [3.8, 4) is 0 Å². The van der Waals surface area contributed by atoms with Gasteiger partial charge in [0.1, 0.15) is 11.5 Å². The van der Waals surface area contributed by atoms with Crippen LogP contribution in [-0.2, 0) is 14.3 Å². The zero-order valence-electron chi connectivity index (χ0n) is 9.09. The Bertz CT molecular complexity index is 300. The van der Waals surface area contributed by atoms with Crippen LogP contribution in [0.2, 0.25) is 0 Å². The van der Waals surface area contributed by atoms with Gasteiger partial charge in [0.25, 0.3) is 0 Å². The first-order valence-electron chi connectivity index (χ1n) is 4.72. The third-order valence-electron chi connectivity index (χ3n) is 2.46. The molecule has 0 aromatic rings. The van der Waals surface area contributed by atoms with Gasteiger partial charge in [-0.3, -0.25) is 4.79 Å². The molecule has 0 aromatic heterocycles. The molecule has 1 aliphatic rings. The van der Waals surface area contributed by atoms with Crippen LogP contribution in [0.4, 0.5) is 0 Å². The number of carbonyl (C=O) groups is 2. The molecule has 0 aromatic carbocycles. The van der Waals surface area contributed by atoms with Gasteiger partial charge in [-0.05, 0) is 25.3 Å². The minimum absolute atomic E-state index is 0.0979. The maximum absolute atomic E-state index is 11.4. The molecular formula is C11H16O3. The van der Waals surface area contributed by atoms with Gasteiger partial charge in [0.2, 0.25) is 0 Å². The van der Waals surface area contributed by atoms with E-state index in [0.717, 1.165) is 0 Å². The number of carbonyl (C=O) groups excluding carboxylic acids is 2. The van der Waals surface area contributed by atoms with Gasteiger partial charge in [-0.2, -0.15) is 0 Å². The van der Waals surface area contributed by atoms with E-state index in [9.17, 15) is 9.59 Å². The van der Waals surface area contributed by atoms with Crippen LogP contribution in [0.5, 0.6) is 0 Å². The summed E-state index contributed by atoms with van der Waals surface area (Å²) in [5.41, 5.74) is -0.347. The molecule has 0 saturated carbocycles. The van der Waals surface area contributed by atoms with Crippen molar-refractivity contribution in [1.29, 1.82) is 0 Å². The predicted octanol–water partition coefficient (Wildman–Crippen LogP) is 2.07. The molecule has 3 nitrogen and oxygen atoms in total. The Kier molecular flexibility index (Phi) is 2.79. The fourth-order valence-corrected chi connectivity index (χ4v) is 1.86. The van der Waals surface area contributed by atoms with E-state index in [-0.39, 0.29) is 23.1 Å². The smallest absolute Gasteiger partial charge is 0.318 e. The van der Waals surface area contributed by atoms with Crippen LogP contribution in [0, 0.1) is 11.3 Å². The Hall–Kier alpha value is -1.12. The second kappa shape index (κ2) is 3.56. The minimum Gasteiger partial charge on any atom is -0.431 e. The van der Waals surface area contributed by atoms with E-state index in [1.807, 2.05) is 13.8 Å². The zero-order chi connectivity index (χ0) is 10.9. The zero-order valence-corrected chi connectivity index (χ0v) is 9.09. The normalized spacial score (nSPS) is 21.9. The standard InChI is InChI=1S/C11H16O3/c1-7(12)6-11(3,4)9-5-8(2)14-10(9)13/h5,9H,6H2,1-4H3. The summed E-state index contributed by atoms with van der Waals surface area (Å²) in [6.45, 7) is 7.12. The van der Waals surface area contributed by atoms with Gasteiger partial charge in [0.15, 0.2) is 0 Å². The predicted molar refractivity (Wildman–Crippen MR) is 52.4 cm³/mol. The molecule has 1 aliphatic heterocycles. The highest BCUT2D eigenvalue weighted by Gasteiger charge is 2.39. The Balaban J connectivity index is 2.82. The number of hydrogen-bond donors (Lipinski definition) is 0. The van der Waals surface area contributed by atoms with Gasteiger partial charge in [-0.1, -0.05) is 13.8 Å². The number of allylic oxidation sites excluding steroid dienone is 1. The van der Waals surface area contributed by atoms with Crippen LogP contribution in [0.1, 0.15) is 34.1 Å². The van der Waals surface area contributed by atoms with Crippen LogP contribution < -0.4 is 0 Å². The number of hydrogen-bond acceptors (Lipinski definition) is 3. The van der Waals surface area contributed by atoms with Gasteiger partial charge < -0.3 is 9.53 Å². The second-order valence-electron chi connectivity index (χ2n) is 4.54. The van der Waals surface area contributed by atoms with Gasteiger partial charge >= 0.3 is 5.97 Å². The molecule has 3 heteroatoms. The molecule has 0 amide bonds. The average molecular weight is 196 g/mol. The van der Waals surface area contributed by atoms with Crippen molar-refractivity contribution in [3.05, 3.63) is 11.8 Å². The number of esters is 1. The summed E-state index contributed by atoms with van der Waals surface area (Å²) >= 11 is 0. The minimum atomic E-state index is -0.347. The van der Waals surface area contributed by atoms with E-state index in [1.165, 1.54) is 0 Å². The van der Waals surface area contributed by atoms with Crippen LogP contribution in [0.25, 0.3) is 0 Å². The summed E-state index contributed by atoms with van der Waals surface area (Å²) in [6.07, 6.45) is 2.20. The lowest BCUT2D eigenvalue weighted by molar-refractivity contribution is -0.143. The van der Waals surface area contributed by atoms with Crippen molar-refractivity contribution in [2.75, 3.05) is 0 Å². The first-order valence-corrected chi connectivity index (χ1v) is 4.72. The largest absolute Gasteiger partial charge is 0.431 e. The Morgan fingerprint density at radius 1 is 1.57 bits per heavy atom. The molecule has 0 radical (unpaired) electrons. The number of Topliss-reactive ketones (excluding diaryl/α,β-unsaturated/α-hetero) is 1. The molecule has 0 N–H and O–H groups in total. The summed E-state index contributed by atoms with van der Waals surface area (Å²) in [7, 11) is 0. The lowest BCUT2D eigenvalue weighted by Crippen LogP contribution is -2.29. The van der Waals surface area contributed by atoms with Crippen molar-refractivity contribution < 1.29 is 14.3 Å². The van der Waals surface area contributed by atoms with Crippen LogP contribution in [0.3, 0.4) is 0 Å². The Morgan fingerprint density at radius 2 is 2.14 bits per heavy atom. The molecule has 1 atom stereocenters. The third kappa shape index (κ3) is 2.22. The molecule has 0 saturated heterocycles.